The molecular formula is C20H18ClFN2O3S. The van der Waals surface area contributed by atoms with Crippen LogP contribution in [0.3, 0.4) is 0 Å². The van der Waals surface area contributed by atoms with Crippen molar-refractivity contribution in [2.24, 2.45) is 0 Å². The van der Waals surface area contributed by atoms with Gasteiger partial charge in [-0.2, -0.15) is 0 Å². The number of carbonyl (C=O) groups is 1. The number of sulfone groups is 1. The molecule has 4 rings (SSSR count). The summed E-state index contributed by atoms with van der Waals surface area (Å²) in [6.45, 7) is 1.05. The van der Waals surface area contributed by atoms with Crippen LogP contribution < -0.4 is 4.90 Å². The van der Waals surface area contributed by atoms with Crippen LogP contribution in [0.25, 0.3) is 0 Å². The van der Waals surface area contributed by atoms with Gasteiger partial charge in [0.2, 0.25) is 9.84 Å². The van der Waals surface area contributed by atoms with Gasteiger partial charge in [-0.1, -0.05) is 17.7 Å². The molecule has 2 aliphatic rings. The van der Waals surface area contributed by atoms with Crippen LogP contribution in [0.2, 0.25) is 5.02 Å². The fraction of sp³-hybridized carbons (Fsp3) is 0.250. The second-order valence-electron chi connectivity index (χ2n) is 6.81. The maximum atomic E-state index is 13.9. The minimum absolute atomic E-state index is 0.100. The van der Waals surface area contributed by atoms with Crippen LogP contribution in [0.5, 0.6) is 0 Å². The Balaban J connectivity index is 1.88. The highest BCUT2D eigenvalue weighted by atomic mass is 35.5. The summed E-state index contributed by atoms with van der Waals surface area (Å²) in [4.78, 5) is 15.7. The Morgan fingerprint density at radius 1 is 1.04 bits per heavy atom. The van der Waals surface area contributed by atoms with Crippen molar-refractivity contribution in [2.75, 3.05) is 18.0 Å². The normalized spacial score (nSPS) is 18.4. The van der Waals surface area contributed by atoms with Gasteiger partial charge in [0.15, 0.2) is 4.91 Å². The van der Waals surface area contributed by atoms with Crippen molar-refractivity contribution in [2.45, 2.75) is 24.2 Å². The number of rotatable bonds is 2. The third-order valence-corrected chi connectivity index (χ3v) is 6.96. The molecule has 0 aromatic heterocycles. The van der Waals surface area contributed by atoms with Crippen molar-refractivity contribution in [1.82, 2.24) is 4.90 Å². The SMILES string of the molecule is O=C(C1=CN(c2cccc(Cl)c2)c2cc(F)ccc2S1(=O)=O)N1CCCCC1. The van der Waals surface area contributed by atoms with Gasteiger partial charge in [0.1, 0.15) is 5.82 Å². The quantitative estimate of drug-likeness (QED) is 0.681. The molecule has 2 aromatic rings. The largest absolute Gasteiger partial charge is 0.338 e. The van der Waals surface area contributed by atoms with Crippen molar-refractivity contribution in [3.63, 3.8) is 0 Å². The summed E-state index contributed by atoms with van der Waals surface area (Å²) < 4.78 is 40.2. The molecule has 28 heavy (non-hydrogen) atoms. The van der Waals surface area contributed by atoms with Gasteiger partial charge >= 0.3 is 0 Å². The first-order valence-corrected chi connectivity index (χ1v) is 10.8. The van der Waals surface area contributed by atoms with E-state index in [-0.39, 0.29) is 15.5 Å². The van der Waals surface area contributed by atoms with Gasteiger partial charge in [0, 0.05) is 30.0 Å². The van der Waals surface area contributed by atoms with Crippen LogP contribution in [-0.4, -0.2) is 32.3 Å². The minimum atomic E-state index is -4.07. The number of likely N-dealkylation sites (tertiary alicyclic amines) is 1. The van der Waals surface area contributed by atoms with Gasteiger partial charge < -0.3 is 9.80 Å². The molecule has 5 nitrogen and oxygen atoms in total. The van der Waals surface area contributed by atoms with Crippen LogP contribution in [0, 0.1) is 5.82 Å². The first kappa shape index (κ1) is 19.0. The second kappa shape index (κ2) is 7.22. The van der Waals surface area contributed by atoms with Crippen molar-refractivity contribution in [1.29, 1.82) is 0 Å². The number of hydrogen-bond acceptors (Lipinski definition) is 4. The smallest absolute Gasteiger partial charge is 0.267 e. The number of benzene rings is 2. The lowest BCUT2D eigenvalue weighted by Gasteiger charge is -2.32. The fourth-order valence-electron chi connectivity index (χ4n) is 3.54. The number of hydrogen-bond donors (Lipinski definition) is 0. The highest BCUT2D eigenvalue weighted by Gasteiger charge is 2.38. The topological polar surface area (TPSA) is 57.7 Å². The third kappa shape index (κ3) is 3.29. The van der Waals surface area contributed by atoms with Gasteiger partial charge in [-0.3, -0.25) is 4.79 Å². The standard InChI is InChI=1S/C20H18ClFN2O3S/c21-14-5-4-6-16(11-14)24-13-19(20(25)23-9-2-1-3-10-23)28(26,27)18-8-7-15(22)12-17(18)24/h4-8,11-13H,1-3,9-10H2. The van der Waals surface area contributed by atoms with E-state index in [0.717, 1.165) is 31.4 Å². The number of nitrogens with zero attached hydrogens (tertiary/aromatic N) is 2. The highest BCUT2D eigenvalue weighted by Crippen LogP contribution is 2.41. The van der Waals surface area contributed by atoms with Crippen LogP contribution in [0.15, 0.2) is 58.5 Å². The summed E-state index contributed by atoms with van der Waals surface area (Å²) >= 11 is 6.08. The summed E-state index contributed by atoms with van der Waals surface area (Å²) in [5, 5.41) is 0.446. The number of piperidine rings is 1. The number of amides is 1. The van der Waals surface area contributed by atoms with Gasteiger partial charge in [-0.05, 0) is 55.7 Å². The number of carbonyl (C=O) groups excluding carboxylic acids is 1. The Morgan fingerprint density at radius 2 is 1.79 bits per heavy atom. The van der Waals surface area contributed by atoms with E-state index in [1.807, 2.05) is 0 Å². The van der Waals surface area contributed by atoms with Crippen molar-refractivity contribution in [3.8, 4) is 0 Å². The van der Waals surface area contributed by atoms with E-state index in [1.165, 1.54) is 17.2 Å². The lowest BCUT2D eigenvalue weighted by Crippen LogP contribution is -2.39. The summed E-state index contributed by atoms with van der Waals surface area (Å²) in [5.41, 5.74) is 0.690. The highest BCUT2D eigenvalue weighted by molar-refractivity contribution is 7.96. The number of fused-ring (bicyclic) bond motifs is 1. The molecule has 0 atom stereocenters. The molecule has 0 unspecified atom stereocenters. The van der Waals surface area contributed by atoms with Gasteiger partial charge in [-0.25, -0.2) is 12.8 Å². The van der Waals surface area contributed by atoms with E-state index in [1.54, 1.807) is 29.2 Å². The molecule has 0 aliphatic carbocycles. The Morgan fingerprint density at radius 3 is 2.50 bits per heavy atom. The van der Waals surface area contributed by atoms with E-state index in [9.17, 15) is 17.6 Å². The van der Waals surface area contributed by atoms with Crippen LogP contribution >= 0.6 is 11.6 Å². The number of halogens is 2. The predicted molar refractivity (Wildman–Crippen MR) is 106 cm³/mol. The summed E-state index contributed by atoms with van der Waals surface area (Å²) in [7, 11) is -4.07. The molecule has 0 radical (unpaired) electrons. The van der Waals surface area contributed by atoms with E-state index >= 15 is 0 Å². The minimum Gasteiger partial charge on any atom is -0.338 e. The molecule has 2 aromatic carbocycles. The van der Waals surface area contributed by atoms with Crippen LogP contribution in [-0.2, 0) is 14.6 Å². The van der Waals surface area contributed by atoms with Gasteiger partial charge in [-0.15, -0.1) is 0 Å². The average Bonchev–Trinajstić information content (AvgIpc) is 2.68. The summed E-state index contributed by atoms with van der Waals surface area (Å²) in [5.74, 6) is -1.10. The predicted octanol–water partition coefficient (Wildman–Crippen LogP) is 4.26. The first-order valence-electron chi connectivity index (χ1n) is 8.98. The van der Waals surface area contributed by atoms with Crippen LogP contribution in [0.1, 0.15) is 19.3 Å². The zero-order valence-electron chi connectivity index (χ0n) is 14.9. The Labute approximate surface area is 167 Å². The fourth-order valence-corrected chi connectivity index (χ4v) is 5.25. The lowest BCUT2D eigenvalue weighted by atomic mass is 10.1. The van der Waals surface area contributed by atoms with Crippen LogP contribution in [0.4, 0.5) is 15.8 Å². The molecule has 0 bridgehead atoms. The maximum absolute atomic E-state index is 13.9. The maximum Gasteiger partial charge on any atom is 0.267 e. The van der Waals surface area contributed by atoms with E-state index in [4.69, 9.17) is 11.6 Å². The monoisotopic (exact) mass is 420 g/mol. The van der Waals surface area contributed by atoms with E-state index < -0.39 is 21.6 Å². The van der Waals surface area contributed by atoms with E-state index in [2.05, 4.69) is 0 Å². The second-order valence-corrected chi connectivity index (χ2v) is 9.13. The zero-order chi connectivity index (χ0) is 19.9. The molecular weight excluding hydrogens is 403 g/mol. The molecule has 8 heteroatoms. The van der Waals surface area contributed by atoms with Gasteiger partial charge in [0.05, 0.1) is 10.6 Å². The molecule has 0 spiro atoms. The molecule has 0 saturated carbocycles. The zero-order valence-corrected chi connectivity index (χ0v) is 16.5. The third-order valence-electron chi connectivity index (χ3n) is 4.95. The average molecular weight is 421 g/mol. The molecule has 1 amide bonds. The molecule has 1 saturated heterocycles. The van der Waals surface area contributed by atoms with Crippen molar-refractivity contribution >= 4 is 38.7 Å². The Hall–Kier alpha value is -2.38. The number of anilines is 2. The summed E-state index contributed by atoms with van der Waals surface area (Å²) in [6, 6.07) is 10.2. The Bertz CT molecular complexity index is 1080. The molecule has 146 valence electrons. The Kier molecular flexibility index (Phi) is 4.89. The lowest BCUT2D eigenvalue weighted by molar-refractivity contribution is -0.127. The molecule has 1 fully saturated rings. The van der Waals surface area contributed by atoms with Gasteiger partial charge in [0.25, 0.3) is 5.91 Å². The molecule has 0 N–H and O–H groups in total. The van der Waals surface area contributed by atoms with Crippen molar-refractivity contribution in [3.05, 3.63) is 64.4 Å². The molecule has 2 heterocycles. The van der Waals surface area contributed by atoms with Crippen molar-refractivity contribution < 1.29 is 17.6 Å². The first-order chi connectivity index (χ1) is 13.4. The molecule has 2 aliphatic heterocycles. The summed E-state index contributed by atoms with van der Waals surface area (Å²) in [6.07, 6.45) is 3.99. The van der Waals surface area contributed by atoms with E-state index in [0.29, 0.717) is 23.8 Å².